The number of carbonyl (C=O) groups excluding carboxylic acids is 5. The van der Waals surface area contributed by atoms with Crippen LogP contribution in [0.2, 0.25) is 0 Å². The van der Waals surface area contributed by atoms with Crippen molar-refractivity contribution in [1.82, 2.24) is 10.3 Å². The molecule has 3 rings (SSSR count). The molecule has 0 bridgehead atoms. The zero-order chi connectivity index (χ0) is 33.1. The number of hydrogen-bond acceptors (Lipinski definition) is 13. The average Bonchev–Trinajstić information content (AvgIpc) is 3.06. The van der Waals surface area contributed by atoms with Gasteiger partial charge in [0.25, 0.3) is 5.91 Å². The van der Waals surface area contributed by atoms with Gasteiger partial charge in [-0.1, -0.05) is 44.2 Å². The molecule has 1 amide bonds. The van der Waals surface area contributed by atoms with Crippen LogP contribution in [0.5, 0.6) is 11.5 Å². The number of benzene rings is 1. The maximum Gasteiger partial charge on any atom is 0.337 e. The minimum absolute atomic E-state index is 0.0849. The number of esters is 4. The molecule has 2 heterocycles. The number of ether oxygens (including phenoxy) is 7. The van der Waals surface area contributed by atoms with Crippen molar-refractivity contribution in [3.63, 3.8) is 0 Å². The highest BCUT2D eigenvalue weighted by molar-refractivity contribution is 5.98. The molecule has 1 aliphatic heterocycles. The van der Waals surface area contributed by atoms with Crippen molar-refractivity contribution in [2.75, 3.05) is 27.6 Å². The van der Waals surface area contributed by atoms with Crippen LogP contribution in [0, 0.1) is 11.8 Å². The molecule has 14 nitrogen and oxygen atoms in total. The minimum Gasteiger partial charge on any atom is -0.493 e. The van der Waals surface area contributed by atoms with E-state index in [1.807, 2.05) is 6.07 Å². The Bertz CT molecular complexity index is 1350. The molecule has 0 aliphatic carbocycles. The molecule has 244 valence electrons. The maximum atomic E-state index is 13.4. The van der Waals surface area contributed by atoms with Gasteiger partial charge in [0.1, 0.15) is 18.6 Å². The second-order valence-electron chi connectivity index (χ2n) is 10.4. The molecule has 5 atom stereocenters. The number of nitrogens with zero attached hydrogens (tertiary/aromatic N) is 1. The van der Waals surface area contributed by atoms with E-state index in [0.29, 0.717) is 0 Å². The lowest BCUT2D eigenvalue weighted by Gasteiger charge is -2.29. The van der Waals surface area contributed by atoms with Gasteiger partial charge in [0, 0.05) is 19.4 Å². The quantitative estimate of drug-likeness (QED) is 0.205. The van der Waals surface area contributed by atoms with Crippen LogP contribution in [0.4, 0.5) is 0 Å². The first kappa shape index (κ1) is 34.8. The lowest BCUT2D eigenvalue weighted by atomic mass is 9.91. The van der Waals surface area contributed by atoms with Crippen LogP contribution in [0.15, 0.2) is 42.6 Å². The largest absolute Gasteiger partial charge is 0.493 e. The molecule has 45 heavy (non-hydrogen) atoms. The monoisotopic (exact) mass is 630 g/mol. The number of pyridine rings is 1. The number of cyclic esters (lactones) is 2. The molecule has 1 aliphatic rings. The molecule has 0 spiro atoms. The van der Waals surface area contributed by atoms with Gasteiger partial charge in [0.2, 0.25) is 6.79 Å². The second kappa shape index (κ2) is 16.4. The molecule has 0 radical (unpaired) electrons. The Morgan fingerprint density at radius 2 is 1.73 bits per heavy atom. The Hall–Kier alpha value is -4.72. The first-order valence-electron chi connectivity index (χ1n) is 14.2. The number of hydrogen-bond donors (Lipinski definition) is 1. The molecule has 2 aromatic rings. The Morgan fingerprint density at radius 1 is 1.02 bits per heavy atom. The Balaban J connectivity index is 1.84. The van der Waals surface area contributed by atoms with Gasteiger partial charge in [0.15, 0.2) is 35.4 Å². The van der Waals surface area contributed by atoms with Crippen LogP contribution in [-0.4, -0.2) is 86.7 Å². The standard InChI is InChI=1S/C31H38N2O12/c1-17(2)28(35)45-25-18(3)44-31(38)22(15-41-30(37)21(25)14-20-10-8-7-9-11-20)33-27(34)24-26(23(40-6)12-13-32-24)42-16-43-29(36)19(4)39-5/h7-13,17-19,21-22,25H,14-16H2,1-6H3,(H,33,34). The smallest absolute Gasteiger partial charge is 0.337 e. The van der Waals surface area contributed by atoms with Crippen LogP contribution in [0.3, 0.4) is 0 Å². The van der Waals surface area contributed by atoms with Crippen LogP contribution in [0.1, 0.15) is 43.7 Å². The maximum absolute atomic E-state index is 13.4. The molecule has 1 saturated heterocycles. The third-order valence-electron chi connectivity index (χ3n) is 6.86. The molecule has 1 aromatic carbocycles. The van der Waals surface area contributed by atoms with Crippen LogP contribution < -0.4 is 14.8 Å². The summed E-state index contributed by atoms with van der Waals surface area (Å²) in [7, 11) is 2.66. The fourth-order valence-electron chi connectivity index (χ4n) is 4.23. The molecule has 1 fully saturated rings. The van der Waals surface area contributed by atoms with Crippen molar-refractivity contribution in [3.8, 4) is 11.5 Å². The van der Waals surface area contributed by atoms with E-state index < -0.39 is 79.4 Å². The highest BCUT2D eigenvalue weighted by Gasteiger charge is 2.42. The first-order valence-corrected chi connectivity index (χ1v) is 14.2. The lowest BCUT2D eigenvalue weighted by Crippen LogP contribution is -2.47. The van der Waals surface area contributed by atoms with Crippen molar-refractivity contribution < 1.29 is 57.1 Å². The van der Waals surface area contributed by atoms with E-state index >= 15 is 0 Å². The zero-order valence-corrected chi connectivity index (χ0v) is 26.0. The van der Waals surface area contributed by atoms with Crippen LogP contribution in [-0.2, 0) is 49.3 Å². The third-order valence-corrected chi connectivity index (χ3v) is 6.86. The first-order chi connectivity index (χ1) is 21.5. The number of carbonyl (C=O) groups is 5. The zero-order valence-electron chi connectivity index (χ0n) is 26.0. The number of rotatable bonds is 12. The SMILES string of the molecule is COc1ccnc(C(=O)NC2COC(=O)C(Cc3ccccc3)C(OC(=O)C(C)C)C(C)OC2=O)c1OCOC(=O)C(C)OC. The summed E-state index contributed by atoms with van der Waals surface area (Å²) in [5.41, 5.74) is 0.453. The summed E-state index contributed by atoms with van der Waals surface area (Å²) >= 11 is 0. The Kier molecular flexibility index (Phi) is 12.7. The van der Waals surface area contributed by atoms with Crippen LogP contribution >= 0.6 is 0 Å². The Morgan fingerprint density at radius 3 is 2.38 bits per heavy atom. The number of nitrogens with one attached hydrogen (secondary N) is 1. The van der Waals surface area contributed by atoms with Gasteiger partial charge in [-0.3, -0.25) is 14.4 Å². The summed E-state index contributed by atoms with van der Waals surface area (Å²) in [4.78, 5) is 68.7. The predicted octanol–water partition coefficient (Wildman–Crippen LogP) is 2.02. The van der Waals surface area contributed by atoms with Crippen LogP contribution in [0.25, 0.3) is 0 Å². The summed E-state index contributed by atoms with van der Waals surface area (Å²) in [5, 5.41) is 2.45. The summed E-state index contributed by atoms with van der Waals surface area (Å²) in [6.07, 6.45) is -1.71. The van der Waals surface area contributed by atoms with E-state index in [1.54, 1.807) is 38.1 Å². The Labute approximate surface area is 260 Å². The summed E-state index contributed by atoms with van der Waals surface area (Å²) in [6.45, 7) is 5.06. The summed E-state index contributed by atoms with van der Waals surface area (Å²) in [6, 6.07) is 8.98. The summed E-state index contributed by atoms with van der Waals surface area (Å²) < 4.78 is 37.5. The van der Waals surface area contributed by atoms with E-state index in [9.17, 15) is 24.0 Å². The van der Waals surface area contributed by atoms with Crippen molar-refractivity contribution >= 4 is 29.8 Å². The second-order valence-corrected chi connectivity index (χ2v) is 10.4. The van der Waals surface area contributed by atoms with E-state index in [0.717, 1.165) is 5.56 Å². The number of aromatic nitrogens is 1. The molecule has 14 heteroatoms. The average molecular weight is 631 g/mol. The highest BCUT2D eigenvalue weighted by Crippen LogP contribution is 2.30. The molecular weight excluding hydrogens is 592 g/mol. The van der Waals surface area contributed by atoms with Gasteiger partial charge in [-0.25, -0.2) is 14.6 Å². The van der Waals surface area contributed by atoms with Gasteiger partial charge in [-0.2, -0.15) is 0 Å². The molecule has 1 aromatic heterocycles. The fourth-order valence-corrected chi connectivity index (χ4v) is 4.23. The van der Waals surface area contributed by atoms with Crippen molar-refractivity contribution in [3.05, 3.63) is 53.9 Å². The third kappa shape index (κ3) is 9.38. The number of amides is 1. The predicted molar refractivity (Wildman–Crippen MR) is 155 cm³/mol. The fraction of sp³-hybridized carbons (Fsp3) is 0.484. The van der Waals surface area contributed by atoms with Crippen molar-refractivity contribution in [2.24, 2.45) is 11.8 Å². The van der Waals surface area contributed by atoms with E-state index in [4.69, 9.17) is 33.2 Å². The van der Waals surface area contributed by atoms with Gasteiger partial charge in [0.05, 0.1) is 13.0 Å². The highest BCUT2D eigenvalue weighted by atomic mass is 16.7. The molecule has 0 saturated carbocycles. The van der Waals surface area contributed by atoms with Gasteiger partial charge < -0.3 is 38.5 Å². The number of methoxy groups -OCH3 is 2. The van der Waals surface area contributed by atoms with Crippen molar-refractivity contribution in [2.45, 2.75) is 58.5 Å². The van der Waals surface area contributed by atoms with E-state index in [2.05, 4.69) is 10.3 Å². The molecule has 5 unspecified atom stereocenters. The topological polar surface area (TPSA) is 175 Å². The van der Waals surface area contributed by atoms with Gasteiger partial charge in [-0.15, -0.1) is 0 Å². The molecular formula is C31H38N2O12. The van der Waals surface area contributed by atoms with Gasteiger partial charge >= 0.3 is 23.9 Å². The van der Waals surface area contributed by atoms with Crippen molar-refractivity contribution in [1.29, 1.82) is 0 Å². The van der Waals surface area contributed by atoms with E-state index in [-0.39, 0.29) is 23.6 Å². The van der Waals surface area contributed by atoms with Gasteiger partial charge in [-0.05, 0) is 25.8 Å². The normalized spacial score (nSPS) is 20.8. The summed E-state index contributed by atoms with van der Waals surface area (Å²) in [5.74, 6) is -5.52. The molecule has 1 N–H and O–H groups in total. The minimum atomic E-state index is -1.47. The van der Waals surface area contributed by atoms with E-state index in [1.165, 1.54) is 40.3 Å². The lowest BCUT2D eigenvalue weighted by molar-refractivity contribution is -0.176.